The van der Waals surface area contributed by atoms with E-state index in [0.29, 0.717) is 12.8 Å². The number of amides is 1. The smallest absolute Gasteiger partial charge is 0.407 e. The van der Waals surface area contributed by atoms with Crippen LogP contribution in [-0.4, -0.2) is 25.2 Å². The molecule has 0 heterocycles. The molecule has 0 bridgehead atoms. The molecule has 1 aliphatic carbocycles. The van der Waals surface area contributed by atoms with Crippen molar-refractivity contribution in [2.24, 2.45) is 5.92 Å². The monoisotopic (exact) mass is 289 g/mol. The predicted molar refractivity (Wildman–Crippen MR) is 77.4 cm³/mol. The largest absolute Gasteiger partial charge is 0.469 e. The van der Waals surface area contributed by atoms with Gasteiger partial charge >= 0.3 is 12.1 Å². The van der Waals surface area contributed by atoms with Gasteiger partial charge in [-0.25, -0.2) is 4.79 Å². The van der Waals surface area contributed by atoms with Gasteiger partial charge in [0.1, 0.15) is 6.61 Å². The first-order valence-corrected chi connectivity index (χ1v) is 6.82. The molecule has 1 saturated carbocycles. The molecule has 5 heteroatoms. The summed E-state index contributed by atoms with van der Waals surface area (Å²) in [6.07, 6.45) is 0.573. The van der Waals surface area contributed by atoms with Crippen LogP contribution in [0.2, 0.25) is 0 Å². The summed E-state index contributed by atoms with van der Waals surface area (Å²) >= 11 is 0. The molecule has 1 aliphatic rings. The lowest BCUT2D eigenvalue weighted by Gasteiger charge is -2.18. The molecule has 2 rings (SSSR count). The summed E-state index contributed by atoms with van der Waals surface area (Å²) in [5, 5.41) is 2.72. The zero-order chi connectivity index (χ0) is 15.2. The van der Waals surface area contributed by atoms with E-state index in [4.69, 9.17) is 9.47 Å². The molecule has 0 radical (unpaired) electrons. The number of benzene rings is 1. The average Bonchev–Trinajstić information content (AvgIpc) is 2.86. The third-order valence-corrected chi connectivity index (χ3v) is 3.52. The Hall–Kier alpha value is -2.30. The molecule has 0 spiro atoms. The maximum Gasteiger partial charge on any atom is 0.407 e. The normalized spacial score (nSPS) is 20.9. The van der Waals surface area contributed by atoms with Gasteiger partial charge in [0.05, 0.1) is 13.0 Å². The fraction of sp³-hybridized carbons (Fsp3) is 0.375. The lowest BCUT2D eigenvalue weighted by atomic mass is 10.0. The first-order valence-electron chi connectivity index (χ1n) is 6.82. The lowest BCUT2D eigenvalue weighted by molar-refractivity contribution is -0.145. The summed E-state index contributed by atoms with van der Waals surface area (Å²) in [6, 6.07) is 9.10. The van der Waals surface area contributed by atoms with Crippen molar-refractivity contribution < 1.29 is 19.1 Å². The van der Waals surface area contributed by atoms with E-state index in [1.54, 1.807) is 0 Å². The van der Waals surface area contributed by atoms with Crippen LogP contribution in [0.4, 0.5) is 4.79 Å². The van der Waals surface area contributed by atoms with Crippen LogP contribution in [0.5, 0.6) is 0 Å². The van der Waals surface area contributed by atoms with Gasteiger partial charge in [-0.15, -0.1) is 0 Å². The zero-order valence-corrected chi connectivity index (χ0v) is 12.0. The Morgan fingerprint density at radius 3 is 2.67 bits per heavy atom. The number of nitrogens with one attached hydrogen (secondary N) is 1. The Labute approximate surface area is 123 Å². The second kappa shape index (κ2) is 6.92. The standard InChI is InChI=1S/C16H19NO4/c1-11-8-13(15(18)20-2)14(9-11)17-16(19)21-10-12-6-4-3-5-7-12/h3-7,13-14H,1,8-10H2,2H3,(H,17,19)/t13-,14-/m0/s1. The topological polar surface area (TPSA) is 64.6 Å². The van der Waals surface area contributed by atoms with Crippen LogP contribution < -0.4 is 5.32 Å². The minimum atomic E-state index is -0.535. The number of ether oxygens (including phenoxy) is 2. The van der Waals surface area contributed by atoms with Crippen molar-refractivity contribution in [2.75, 3.05) is 7.11 Å². The molecule has 1 aromatic carbocycles. The van der Waals surface area contributed by atoms with Crippen LogP contribution in [0.15, 0.2) is 42.5 Å². The number of hydrogen-bond donors (Lipinski definition) is 1. The van der Waals surface area contributed by atoms with Crippen LogP contribution in [-0.2, 0) is 20.9 Å². The van der Waals surface area contributed by atoms with Crippen molar-refractivity contribution >= 4 is 12.1 Å². The van der Waals surface area contributed by atoms with Gasteiger partial charge in [0, 0.05) is 6.04 Å². The number of alkyl carbamates (subject to hydrolysis) is 1. The Morgan fingerprint density at radius 2 is 2.00 bits per heavy atom. The van der Waals surface area contributed by atoms with Gasteiger partial charge in [0.25, 0.3) is 0 Å². The number of hydrogen-bond acceptors (Lipinski definition) is 4. The van der Waals surface area contributed by atoms with Crippen molar-refractivity contribution in [3.8, 4) is 0 Å². The number of methoxy groups -OCH3 is 1. The van der Waals surface area contributed by atoms with Crippen molar-refractivity contribution in [3.63, 3.8) is 0 Å². The van der Waals surface area contributed by atoms with Gasteiger partial charge in [-0.3, -0.25) is 4.79 Å². The molecule has 5 nitrogen and oxygen atoms in total. The first kappa shape index (κ1) is 15.1. The van der Waals surface area contributed by atoms with Gasteiger partial charge in [-0.1, -0.05) is 42.5 Å². The average molecular weight is 289 g/mol. The highest BCUT2D eigenvalue weighted by molar-refractivity contribution is 5.76. The number of esters is 1. The predicted octanol–water partition coefficient (Wildman–Crippen LogP) is 2.42. The molecule has 21 heavy (non-hydrogen) atoms. The molecule has 1 N–H and O–H groups in total. The maximum absolute atomic E-state index is 11.8. The summed E-state index contributed by atoms with van der Waals surface area (Å²) < 4.78 is 9.91. The first-order chi connectivity index (χ1) is 10.1. The van der Waals surface area contributed by atoms with Crippen molar-refractivity contribution in [3.05, 3.63) is 48.0 Å². The van der Waals surface area contributed by atoms with Crippen molar-refractivity contribution in [2.45, 2.75) is 25.5 Å². The maximum atomic E-state index is 11.8. The van der Waals surface area contributed by atoms with Crippen LogP contribution in [0.1, 0.15) is 18.4 Å². The van der Waals surface area contributed by atoms with Crippen LogP contribution in [0.3, 0.4) is 0 Å². The van der Waals surface area contributed by atoms with E-state index in [2.05, 4.69) is 11.9 Å². The fourth-order valence-electron chi connectivity index (χ4n) is 2.46. The van der Waals surface area contributed by atoms with Crippen LogP contribution in [0, 0.1) is 5.92 Å². The van der Waals surface area contributed by atoms with E-state index in [0.717, 1.165) is 11.1 Å². The van der Waals surface area contributed by atoms with E-state index in [-0.39, 0.29) is 24.5 Å². The summed E-state index contributed by atoms with van der Waals surface area (Å²) in [5.41, 5.74) is 1.84. The molecule has 0 aliphatic heterocycles. The van der Waals surface area contributed by atoms with Crippen molar-refractivity contribution in [1.82, 2.24) is 5.32 Å². The van der Waals surface area contributed by atoms with E-state index >= 15 is 0 Å². The molecule has 0 unspecified atom stereocenters. The fourth-order valence-corrected chi connectivity index (χ4v) is 2.46. The van der Waals surface area contributed by atoms with E-state index in [1.165, 1.54) is 7.11 Å². The molecule has 2 atom stereocenters. The molecule has 112 valence electrons. The van der Waals surface area contributed by atoms with E-state index < -0.39 is 6.09 Å². The van der Waals surface area contributed by atoms with E-state index in [1.807, 2.05) is 30.3 Å². The molecular formula is C16H19NO4. The zero-order valence-electron chi connectivity index (χ0n) is 12.0. The second-order valence-corrected chi connectivity index (χ2v) is 5.10. The minimum absolute atomic E-state index is 0.198. The van der Waals surface area contributed by atoms with Gasteiger partial charge in [-0.2, -0.15) is 0 Å². The summed E-state index contributed by atoms with van der Waals surface area (Å²) in [4.78, 5) is 23.5. The molecular weight excluding hydrogens is 270 g/mol. The summed E-state index contributed by atoms with van der Waals surface area (Å²) in [5.74, 6) is -0.714. The molecule has 0 saturated heterocycles. The Kier molecular flexibility index (Phi) is 4.98. The molecule has 1 fully saturated rings. The van der Waals surface area contributed by atoms with E-state index in [9.17, 15) is 9.59 Å². The summed E-state index contributed by atoms with van der Waals surface area (Å²) in [6.45, 7) is 4.07. The Balaban J connectivity index is 1.86. The second-order valence-electron chi connectivity index (χ2n) is 5.10. The Bertz CT molecular complexity index is 526. The number of carbonyl (C=O) groups excluding carboxylic acids is 2. The van der Waals surface area contributed by atoms with Gasteiger partial charge in [0.15, 0.2) is 0 Å². The summed E-state index contributed by atoms with van der Waals surface area (Å²) in [7, 11) is 1.34. The van der Waals surface area contributed by atoms with Crippen LogP contribution >= 0.6 is 0 Å². The molecule has 1 amide bonds. The highest BCUT2D eigenvalue weighted by Gasteiger charge is 2.37. The number of carbonyl (C=O) groups is 2. The molecule has 1 aromatic rings. The van der Waals surface area contributed by atoms with Crippen molar-refractivity contribution in [1.29, 1.82) is 0 Å². The molecule has 0 aromatic heterocycles. The highest BCUT2D eigenvalue weighted by atomic mass is 16.5. The Morgan fingerprint density at radius 1 is 1.29 bits per heavy atom. The quantitative estimate of drug-likeness (QED) is 0.683. The minimum Gasteiger partial charge on any atom is -0.469 e. The number of rotatable bonds is 4. The van der Waals surface area contributed by atoms with Crippen LogP contribution in [0.25, 0.3) is 0 Å². The van der Waals surface area contributed by atoms with Gasteiger partial charge < -0.3 is 14.8 Å². The highest BCUT2D eigenvalue weighted by Crippen LogP contribution is 2.30. The SMILES string of the molecule is C=C1C[C@H](NC(=O)OCc2ccccc2)[C@@H](C(=O)OC)C1. The van der Waals surface area contributed by atoms with Gasteiger partial charge in [-0.05, 0) is 18.4 Å². The van der Waals surface area contributed by atoms with Gasteiger partial charge in [0.2, 0.25) is 0 Å². The lowest BCUT2D eigenvalue weighted by Crippen LogP contribution is -2.40. The third-order valence-electron chi connectivity index (χ3n) is 3.52. The third kappa shape index (κ3) is 4.08.